The van der Waals surface area contributed by atoms with Gasteiger partial charge in [-0.2, -0.15) is 0 Å². The number of hydrogen-bond acceptors (Lipinski definition) is 2. The molecule has 0 radical (unpaired) electrons. The fourth-order valence-corrected chi connectivity index (χ4v) is 1.69. The molecule has 0 fully saturated rings. The topological polar surface area (TPSA) is 22.1 Å². The number of aromatic nitrogens is 1. The molecule has 2 nitrogen and oxygen atoms in total. The third-order valence-electron chi connectivity index (χ3n) is 1.39. The average Bonchev–Trinajstić information content (AvgIpc) is 2.07. The summed E-state index contributed by atoms with van der Waals surface area (Å²) in [6.45, 7) is 0. The van der Waals surface area contributed by atoms with E-state index in [0.717, 1.165) is 0 Å². The molecular formula is C7H2ClF5INO. The number of pyridine rings is 1. The SMILES string of the molecule is FC(F)c1cc(OC(F)(F)F)c(I)nc1Cl. The van der Waals surface area contributed by atoms with E-state index < -0.39 is 29.3 Å². The van der Waals surface area contributed by atoms with Crippen molar-refractivity contribution in [1.29, 1.82) is 0 Å². The largest absolute Gasteiger partial charge is 0.573 e. The van der Waals surface area contributed by atoms with Crippen molar-refractivity contribution in [3.05, 3.63) is 20.5 Å². The minimum Gasteiger partial charge on any atom is -0.403 e. The van der Waals surface area contributed by atoms with Gasteiger partial charge in [-0.05, 0) is 28.7 Å². The van der Waals surface area contributed by atoms with Crippen LogP contribution in [0.15, 0.2) is 6.07 Å². The van der Waals surface area contributed by atoms with E-state index in [1.165, 1.54) is 22.6 Å². The molecule has 0 unspecified atom stereocenters. The van der Waals surface area contributed by atoms with Crippen LogP contribution in [0.1, 0.15) is 12.0 Å². The molecule has 9 heteroatoms. The van der Waals surface area contributed by atoms with Gasteiger partial charge in [0.25, 0.3) is 6.43 Å². The minimum atomic E-state index is -4.96. The Hall–Kier alpha value is -0.380. The normalized spacial score (nSPS) is 12.0. The zero-order chi connectivity index (χ0) is 12.5. The summed E-state index contributed by atoms with van der Waals surface area (Å²) >= 11 is 6.74. The molecule has 0 saturated heterocycles. The lowest BCUT2D eigenvalue weighted by Gasteiger charge is -2.12. The van der Waals surface area contributed by atoms with Crippen LogP contribution < -0.4 is 4.74 Å². The lowest BCUT2D eigenvalue weighted by atomic mass is 10.3. The van der Waals surface area contributed by atoms with E-state index in [1.807, 2.05) is 0 Å². The Kier molecular flexibility index (Phi) is 4.16. The molecule has 1 rings (SSSR count). The lowest BCUT2D eigenvalue weighted by Crippen LogP contribution is -2.18. The van der Waals surface area contributed by atoms with E-state index in [0.29, 0.717) is 6.07 Å². The summed E-state index contributed by atoms with van der Waals surface area (Å²) < 4.78 is 63.5. The van der Waals surface area contributed by atoms with Crippen LogP contribution in [0.2, 0.25) is 5.15 Å². The van der Waals surface area contributed by atoms with Gasteiger partial charge in [0.15, 0.2) is 5.75 Å². The van der Waals surface area contributed by atoms with Crippen LogP contribution in [-0.4, -0.2) is 11.3 Å². The van der Waals surface area contributed by atoms with Gasteiger partial charge in [-0.1, -0.05) is 11.6 Å². The van der Waals surface area contributed by atoms with Gasteiger partial charge >= 0.3 is 6.36 Å². The Morgan fingerprint density at radius 3 is 2.38 bits per heavy atom. The summed E-state index contributed by atoms with van der Waals surface area (Å²) in [5, 5.41) is -0.547. The molecule has 1 heterocycles. The first-order chi connectivity index (χ1) is 7.20. The van der Waals surface area contributed by atoms with E-state index >= 15 is 0 Å². The summed E-state index contributed by atoms with van der Waals surface area (Å²) in [5.74, 6) is -0.798. The Bertz CT molecular complexity index is 397. The molecule has 0 aliphatic heterocycles. The van der Waals surface area contributed by atoms with E-state index in [1.54, 1.807) is 0 Å². The number of rotatable bonds is 2. The third-order valence-corrected chi connectivity index (χ3v) is 2.46. The fourth-order valence-electron chi connectivity index (χ4n) is 0.815. The summed E-state index contributed by atoms with van der Waals surface area (Å²) in [7, 11) is 0. The highest BCUT2D eigenvalue weighted by atomic mass is 127. The zero-order valence-corrected chi connectivity index (χ0v) is 10.1. The quantitative estimate of drug-likeness (QED) is 0.441. The van der Waals surface area contributed by atoms with Crippen LogP contribution in [0.5, 0.6) is 5.75 Å². The molecule has 0 aliphatic carbocycles. The maximum atomic E-state index is 12.3. The average molecular weight is 373 g/mol. The van der Waals surface area contributed by atoms with Gasteiger partial charge in [-0.15, -0.1) is 13.2 Å². The van der Waals surface area contributed by atoms with Gasteiger partial charge in [0, 0.05) is 0 Å². The highest BCUT2D eigenvalue weighted by Crippen LogP contribution is 2.34. The van der Waals surface area contributed by atoms with Crippen LogP contribution in [0.3, 0.4) is 0 Å². The van der Waals surface area contributed by atoms with Crippen molar-refractivity contribution < 1.29 is 26.7 Å². The van der Waals surface area contributed by atoms with Crippen LogP contribution >= 0.6 is 34.2 Å². The van der Waals surface area contributed by atoms with Gasteiger partial charge in [0.1, 0.15) is 8.85 Å². The molecule has 0 aliphatic rings. The van der Waals surface area contributed by atoms with Crippen molar-refractivity contribution in [3.8, 4) is 5.75 Å². The van der Waals surface area contributed by atoms with Crippen molar-refractivity contribution in [2.75, 3.05) is 0 Å². The second kappa shape index (κ2) is 4.86. The molecule has 0 saturated carbocycles. The maximum Gasteiger partial charge on any atom is 0.573 e. The molecule has 0 N–H and O–H groups in total. The molecule has 16 heavy (non-hydrogen) atoms. The summed E-state index contributed by atoms with van der Waals surface area (Å²) in [5.41, 5.74) is -0.804. The van der Waals surface area contributed by atoms with E-state index in [2.05, 4.69) is 9.72 Å². The smallest absolute Gasteiger partial charge is 0.403 e. The second-order valence-corrected chi connectivity index (χ2v) is 3.89. The highest BCUT2D eigenvalue weighted by molar-refractivity contribution is 14.1. The number of alkyl halides is 5. The van der Waals surface area contributed by atoms with Crippen molar-refractivity contribution in [3.63, 3.8) is 0 Å². The highest BCUT2D eigenvalue weighted by Gasteiger charge is 2.33. The Morgan fingerprint density at radius 2 is 1.94 bits per heavy atom. The second-order valence-electron chi connectivity index (χ2n) is 2.51. The molecule has 0 spiro atoms. The van der Waals surface area contributed by atoms with Gasteiger partial charge in [0.05, 0.1) is 5.56 Å². The third kappa shape index (κ3) is 3.58. The first kappa shape index (κ1) is 13.7. The number of nitrogens with zero attached hydrogens (tertiary/aromatic N) is 1. The predicted molar refractivity (Wildman–Crippen MR) is 53.6 cm³/mol. The van der Waals surface area contributed by atoms with Crippen LogP contribution in [-0.2, 0) is 0 Å². The van der Waals surface area contributed by atoms with Crippen LogP contribution in [0.25, 0.3) is 0 Å². The Labute approximate surface area is 105 Å². The first-order valence-corrected chi connectivity index (χ1v) is 5.06. The number of halogens is 7. The molecule has 0 atom stereocenters. The minimum absolute atomic E-state index is 0.246. The summed E-state index contributed by atoms with van der Waals surface area (Å²) in [4.78, 5) is 3.33. The standard InChI is InChI=1S/C7H2ClF5INO/c8-4-2(5(9)10)1-3(6(14)15-4)16-7(11,12)13/h1,5H. The van der Waals surface area contributed by atoms with Gasteiger partial charge in [-0.25, -0.2) is 13.8 Å². The first-order valence-electron chi connectivity index (χ1n) is 3.60. The number of ether oxygens (including phenoxy) is 1. The molecule has 1 aromatic rings. The predicted octanol–water partition coefficient (Wildman–Crippen LogP) is 4.18. The van der Waals surface area contributed by atoms with Crippen LogP contribution in [0.4, 0.5) is 22.0 Å². The zero-order valence-electron chi connectivity index (χ0n) is 7.16. The van der Waals surface area contributed by atoms with E-state index in [-0.39, 0.29) is 3.70 Å². The summed E-state index contributed by atoms with van der Waals surface area (Å²) in [6, 6.07) is 0.523. The van der Waals surface area contributed by atoms with Gasteiger partial charge in [-0.3, -0.25) is 0 Å². The maximum absolute atomic E-state index is 12.3. The molecule has 0 amide bonds. The molecule has 90 valence electrons. The van der Waals surface area contributed by atoms with Gasteiger partial charge in [0.2, 0.25) is 0 Å². The number of hydrogen-bond donors (Lipinski definition) is 0. The monoisotopic (exact) mass is 373 g/mol. The van der Waals surface area contributed by atoms with Crippen molar-refractivity contribution in [1.82, 2.24) is 4.98 Å². The fraction of sp³-hybridized carbons (Fsp3) is 0.286. The molecular weight excluding hydrogens is 371 g/mol. The Balaban J connectivity index is 3.15. The van der Waals surface area contributed by atoms with Crippen molar-refractivity contribution in [2.45, 2.75) is 12.8 Å². The van der Waals surface area contributed by atoms with Crippen molar-refractivity contribution >= 4 is 34.2 Å². The Morgan fingerprint density at radius 1 is 1.38 bits per heavy atom. The van der Waals surface area contributed by atoms with Crippen molar-refractivity contribution in [2.24, 2.45) is 0 Å². The molecule has 0 bridgehead atoms. The van der Waals surface area contributed by atoms with Gasteiger partial charge < -0.3 is 4.74 Å². The molecule has 0 aromatic carbocycles. The van der Waals surface area contributed by atoms with Crippen LogP contribution in [0, 0.1) is 3.70 Å². The van der Waals surface area contributed by atoms with E-state index in [9.17, 15) is 22.0 Å². The summed E-state index contributed by atoms with van der Waals surface area (Å²) in [6.07, 6.45) is -7.98. The molecule has 1 aromatic heterocycles. The lowest BCUT2D eigenvalue weighted by molar-refractivity contribution is -0.275. The van der Waals surface area contributed by atoms with E-state index in [4.69, 9.17) is 11.6 Å².